The fourth-order valence-electron chi connectivity index (χ4n) is 3.34. The number of hydrogen-bond acceptors (Lipinski definition) is 4. The molecule has 3 N–H and O–H groups in total. The summed E-state index contributed by atoms with van der Waals surface area (Å²) in [7, 11) is 3.34. The first-order valence-electron chi connectivity index (χ1n) is 9.81. The lowest BCUT2D eigenvalue weighted by Crippen LogP contribution is -2.51. The molecule has 0 bridgehead atoms. The standard InChI is InChI=1S/C23H25N3O5/c1-14(23(29)30)24-21(27)18(11-15-7-5-4-6-8-15)25-22(28)20-13-16-12-17(31-3)9-10-19(16)26(20)2/h4-10,12-14,18H,11H2,1-3H3,(H,24,27)(H,25,28)(H,29,30). The molecule has 162 valence electrons. The number of rotatable bonds is 8. The molecule has 2 atom stereocenters. The van der Waals surface area contributed by atoms with Gasteiger partial charge in [0.05, 0.1) is 7.11 Å². The van der Waals surface area contributed by atoms with Gasteiger partial charge in [-0.15, -0.1) is 0 Å². The van der Waals surface area contributed by atoms with Crippen molar-refractivity contribution in [2.75, 3.05) is 7.11 Å². The summed E-state index contributed by atoms with van der Waals surface area (Å²) >= 11 is 0. The molecular formula is C23H25N3O5. The van der Waals surface area contributed by atoms with Gasteiger partial charge in [0, 0.05) is 24.4 Å². The molecule has 3 aromatic rings. The van der Waals surface area contributed by atoms with Gasteiger partial charge in [-0.25, -0.2) is 0 Å². The van der Waals surface area contributed by atoms with Crippen molar-refractivity contribution in [3.05, 3.63) is 65.9 Å². The summed E-state index contributed by atoms with van der Waals surface area (Å²) in [5.41, 5.74) is 2.06. The van der Waals surface area contributed by atoms with E-state index in [2.05, 4.69) is 10.6 Å². The Hall–Kier alpha value is -3.81. The summed E-state index contributed by atoms with van der Waals surface area (Å²) in [6.07, 6.45) is 0.225. The highest BCUT2D eigenvalue weighted by molar-refractivity contribution is 6.01. The van der Waals surface area contributed by atoms with Gasteiger partial charge in [0.2, 0.25) is 5.91 Å². The molecule has 8 nitrogen and oxygen atoms in total. The molecule has 0 aliphatic carbocycles. The van der Waals surface area contributed by atoms with E-state index in [9.17, 15) is 14.4 Å². The fraction of sp³-hybridized carbons (Fsp3) is 0.261. The minimum absolute atomic E-state index is 0.225. The van der Waals surface area contributed by atoms with Crippen molar-refractivity contribution in [3.63, 3.8) is 0 Å². The number of benzene rings is 2. The smallest absolute Gasteiger partial charge is 0.325 e. The van der Waals surface area contributed by atoms with Crippen LogP contribution in [0.4, 0.5) is 0 Å². The predicted octanol–water partition coefficient (Wildman–Crippen LogP) is 2.12. The highest BCUT2D eigenvalue weighted by Gasteiger charge is 2.26. The number of aryl methyl sites for hydroxylation is 1. The van der Waals surface area contributed by atoms with Gasteiger partial charge in [0.25, 0.3) is 5.91 Å². The number of amides is 2. The Morgan fingerprint density at radius 1 is 1.06 bits per heavy atom. The quantitative estimate of drug-likeness (QED) is 0.514. The number of nitrogens with one attached hydrogen (secondary N) is 2. The second-order valence-electron chi connectivity index (χ2n) is 7.30. The molecule has 0 spiro atoms. The summed E-state index contributed by atoms with van der Waals surface area (Å²) in [5.74, 6) is -1.47. The second kappa shape index (κ2) is 9.34. The number of carbonyl (C=O) groups excluding carboxylic acids is 2. The number of fused-ring (bicyclic) bond motifs is 1. The van der Waals surface area contributed by atoms with Crippen molar-refractivity contribution in [1.29, 1.82) is 0 Å². The van der Waals surface area contributed by atoms with Gasteiger partial charge in [0.15, 0.2) is 0 Å². The van der Waals surface area contributed by atoms with E-state index in [-0.39, 0.29) is 6.42 Å². The monoisotopic (exact) mass is 423 g/mol. The van der Waals surface area contributed by atoms with E-state index in [4.69, 9.17) is 9.84 Å². The van der Waals surface area contributed by atoms with Crippen LogP contribution in [0, 0.1) is 0 Å². The van der Waals surface area contributed by atoms with Crippen LogP contribution in [0.1, 0.15) is 23.0 Å². The molecule has 8 heteroatoms. The maximum atomic E-state index is 13.1. The van der Waals surface area contributed by atoms with E-state index in [0.29, 0.717) is 11.4 Å². The van der Waals surface area contributed by atoms with E-state index < -0.39 is 29.9 Å². The fourth-order valence-corrected chi connectivity index (χ4v) is 3.34. The number of hydrogen-bond donors (Lipinski definition) is 3. The molecule has 2 amide bonds. The number of aliphatic carboxylic acids is 1. The first-order chi connectivity index (χ1) is 14.8. The molecule has 0 fully saturated rings. The molecule has 0 saturated heterocycles. The molecule has 31 heavy (non-hydrogen) atoms. The summed E-state index contributed by atoms with van der Waals surface area (Å²) < 4.78 is 6.98. The zero-order valence-electron chi connectivity index (χ0n) is 17.6. The van der Waals surface area contributed by atoms with Crippen LogP contribution in [-0.4, -0.2) is 46.7 Å². The first-order valence-corrected chi connectivity index (χ1v) is 9.81. The van der Waals surface area contributed by atoms with Crippen molar-refractivity contribution < 1.29 is 24.2 Å². The first kappa shape index (κ1) is 21.9. The Balaban J connectivity index is 1.86. The number of carboxylic acid groups (broad SMARTS) is 1. The van der Waals surface area contributed by atoms with Crippen LogP contribution in [0.25, 0.3) is 10.9 Å². The summed E-state index contributed by atoms with van der Waals surface area (Å²) in [6.45, 7) is 1.37. The van der Waals surface area contributed by atoms with Crippen LogP contribution in [0.3, 0.4) is 0 Å². The lowest BCUT2D eigenvalue weighted by molar-refractivity contribution is -0.141. The molecule has 1 heterocycles. The van der Waals surface area contributed by atoms with Crippen molar-refractivity contribution in [2.45, 2.75) is 25.4 Å². The molecule has 2 unspecified atom stereocenters. The van der Waals surface area contributed by atoms with E-state index in [1.807, 2.05) is 48.5 Å². The van der Waals surface area contributed by atoms with Gasteiger partial charge in [-0.3, -0.25) is 14.4 Å². The van der Waals surface area contributed by atoms with Gasteiger partial charge in [-0.2, -0.15) is 0 Å². The van der Waals surface area contributed by atoms with Gasteiger partial charge in [-0.05, 0) is 36.8 Å². The van der Waals surface area contributed by atoms with Crippen molar-refractivity contribution >= 4 is 28.7 Å². The number of aromatic nitrogens is 1. The van der Waals surface area contributed by atoms with Crippen molar-refractivity contribution in [2.24, 2.45) is 7.05 Å². The minimum atomic E-state index is -1.15. The maximum absolute atomic E-state index is 13.1. The number of carboxylic acids is 1. The second-order valence-corrected chi connectivity index (χ2v) is 7.30. The Kier molecular flexibility index (Phi) is 6.59. The van der Waals surface area contributed by atoms with Gasteiger partial charge in [0.1, 0.15) is 23.5 Å². The Bertz CT molecular complexity index is 1110. The molecule has 0 aliphatic heterocycles. The summed E-state index contributed by atoms with van der Waals surface area (Å²) in [5, 5.41) is 15.1. The van der Waals surface area contributed by atoms with Crippen LogP contribution >= 0.6 is 0 Å². The van der Waals surface area contributed by atoms with Crippen molar-refractivity contribution in [1.82, 2.24) is 15.2 Å². The normalized spacial score (nSPS) is 12.7. The third-order valence-electron chi connectivity index (χ3n) is 5.12. The molecule has 0 saturated carbocycles. The number of methoxy groups -OCH3 is 1. The number of ether oxygens (including phenoxy) is 1. The molecule has 3 rings (SSSR count). The van der Waals surface area contributed by atoms with Gasteiger partial charge < -0.3 is 25.0 Å². The molecule has 0 radical (unpaired) electrons. The SMILES string of the molecule is COc1ccc2c(c1)cc(C(=O)NC(Cc1ccccc1)C(=O)NC(C)C(=O)O)n2C. The predicted molar refractivity (Wildman–Crippen MR) is 116 cm³/mol. The highest BCUT2D eigenvalue weighted by Crippen LogP contribution is 2.24. The van der Waals surface area contributed by atoms with E-state index in [0.717, 1.165) is 16.5 Å². The molecular weight excluding hydrogens is 398 g/mol. The highest BCUT2D eigenvalue weighted by atomic mass is 16.5. The average Bonchev–Trinajstić information content (AvgIpc) is 3.09. The molecule has 1 aromatic heterocycles. The van der Waals surface area contributed by atoms with Crippen LogP contribution in [0.15, 0.2) is 54.6 Å². The third-order valence-corrected chi connectivity index (χ3v) is 5.12. The Morgan fingerprint density at radius 2 is 1.77 bits per heavy atom. The number of carbonyl (C=O) groups is 3. The summed E-state index contributed by atoms with van der Waals surface area (Å²) in [4.78, 5) is 37.0. The van der Waals surface area contributed by atoms with Crippen molar-refractivity contribution in [3.8, 4) is 5.75 Å². The number of nitrogens with zero attached hydrogens (tertiary/aromatic N) is 1. The summed E-state index contributed by atoms with van der Waals surface area (Å²) in [6, 6.07) is 14.4. The zero-order chi connectivity index (χ0) is 22.5. The lowest BCUT2D eigenvalue weighted by atomic mass is 10.0. The van der Waals surface area contributed by atoms with Crippen LogP contribution in [0.5, 0.6) is 5.75 Å². The largest absolute Gasteiger partial charge is 0.497 e. The Labute approximate surface area is 179 Å². The van der Waals surface area contributed by atoms with Gasteiger partial charge in [-0.1, -0.05) is 30.3 Å². The minimum Gasteiger partial charge on any atom is -0.497 e. The van der Waals surface area contributed by atoms with Crippen LogP contribution in [-0.2, 0) is 23.1 Å². The van der Waals surface area contributed by atoms with E-state index in [1.54, 1.807) is 24.8 Å². The van der Waals surface area contributed by atoms with E-state index in [1.165, 1.54) is 6.92 Å². The molecule has 2 aromatic carbocycles. The topological polar surface area (TPSA) is 110 Å². The Morgan fingerprint density at radius 3 is 2.42 bits per heavy atom. The van der Waals surface area contributed by atoms with E-state index >= 15 is 0 Å². The lowest BCUT2D eigenvalue weighted by Gasteiger charge is -2.20. The maximum Gasteiger partial charge on any atom is 0.325 e. The van der Waals surface area contributed by atoms with Gasteiger partial charge >= 0.3 is 5.97 Å². The van der Waals surface area contributed by atoms with Crippen LogP contribution in [0.2, 0.25) is 0 Å². The van der Waals surface area contributed by atoms with Crippen LogP contribution < -0.4 is 15.4 Å². The third kappa shape index (κ3) is 5.03. The zero-order valence-corrected chi connectivity index (χ0v) is 17.6. The molecule has 0 aliphatic rings. The average molecular weight is 423 g/mol.